The number of aryl methyl sites for hydroxylation is 1. The minimum absolute atomic E-state index is 0.0125. The topological polar surface area (TPSA) is 70.1 Å². The molecule has 0 bridgehead atoms. The van der Waals surface area contributed by atoms with E-state index < -0.39 is 10.9 Å². The number of carbonyl (C=O) groups is 1. The third-order valence-corrected chi connectivity index (χ3v) is 6.71. The second kappa shape index (κ2) is 9.57. The zero-order chi connectivity index (χ0) is 20.1. The monoisotopic (exact) mass is 404 g/mol. The van der Waals surface area contributed by atoms with Crippen LogP contribution in [-0.4, -0.2) is 33.3 Å². The maximum Gasteiger partial charge on any atom is 0.244 e. The summed E-state index contributed by atoms with van der Waals surface area (Å²) in [5.41, 5.74) is 2.75. The van der Waals surface area contributed by atoms with Crippen molar-refractivity contribution < 1.29 is 19.7 Å². The van der Waals surface area contributed by atoms with E-state index in [2.05, 4.69) is 49.5 Å². The van der Waals surface area contributed by atoms with Crippen molar-refractivity contribution in [2.24, 2.45) is 11.8 Å². The number of carbonyl (C=O) groups excluding carboxylic acids is 1. The van der Waals surface area contributed by atoms with Gasteiger partial charge in [0, 0.05) is 6.42 Å². The Morgan fingerprint density at radius 1 is 1.18 bits per heavy atom. The summed E-state index contributed by atoms with van der Waals surface area (Å²) in [6.45, 7) is 4.29. The Labute approximate surface area is 173 Å². The van der Waals surface area contributed by atoms with E-state index in [0.717, 1.165) is 19.3 Å². The van der Waals surface area contributed by atoms with Crippen molar-refractivity contribution in [2.45, 2.75) is 75.8 Å². The Hall–Kier alpha value is -1.14. The van der Waals surface area contributed by atoms with Crippen LogP contribution in [0.4, 0.5) is 0 Å². The van der Waals surface area contributed by atoms with Crippen LogP contribution in [0.25, 0.3) is 0 Å². The fraction of sp³-hybridized carbons (Fsp3) is 0.609. The van der Waals surface area contributed by atoms with Crippen LogP contribution in [0.15, 0.2) is 42.5 Å². The van der Waals surface area contributed by atoms with Gasteiger partial charge in [-0.05, 0) is 62.3 Å². The summed E-state index contributed by atoms with van der Waals surface area (Å²) in [4.78, 5) is 11.1. The molecular weight excluding hydrogens is 372 g/mol. The Kier molecular flexibility index (Phi) is 7.37. The number of thiol groups is 1. The van der Waals surface area contributed by atoms with Crippen molar-refractivity contribution in [1.29, 1.82) is 0 Å². The van der Waals surface area contributed by atoms with Gasteiger partial charge in [0.15, 0.2) is 0 Å². The van der Waals surface area contributed by atoms with Gasteiger partial charge in [-0.2, -0.15) is 0 Å². The van der Waals surface area contributed by atoms with Crippen LogP contribution in [0.3, 0.4) is 0 Å². The third kappa shape index (κ3) is 5.93. The first-order valence-corrected chi connectivity index (χ1v) is 10.9. The average molecular weight is 405 g/mol. The lowest BCUT2D eigenvalue weighted by Gasteiger charge is -2.20. The average Bonchev–Trinajstić information content (AvgIpc) is 3.34. The third-order valence-electron chi connectivity index (χ3n) is 6.36. The molecule has 4 atom stereocenters. The molecule has 2 aliphatic rings. The first-order valence-electron chi connectivity index (χ1n) is 10.4. The summed E-state index contributed by atoms with van der Waals surface area (Å²) in [5, 5.41) is 18.3. The molecule has 2 fully saturated rings. The number of epoxide rings is 1. The van der Waals surface area contributed by atoms with Crippen LogP contribution in [0.2, 0.25) is 0 Å². The molecule has 1 saturated carbocycles. The van der Waals surface area contributed by atoms with E-state index in [9.17, 15) is 15.0 Å². The van der Waals surface area contributed by atoms with Crippen molar-refractivity contribution in [3.05, 3.63) is 48.0 Å². The van der Waals surface area contributed by atoms with Crippen molar-refractivity contribution in [3.63, 3.8) is 0 Å². The quantitative estimate of drug-likeness (QED) is 0.171. The number of ether oxygens (including phenoxy) is 1. The number of aliphatic hydroxyl groups is 2. The minimum Gasteiger partial charge on any atom is -0.370 e. The van der Waals surface area contributed by atoms with Crippen LogP contribution in [0, 0.1) is 11.8 Å². The Bertz CT molecular complexity index is 672. The van der Waals surface area contributed by atoms with Gasteiger partial charge in [-0.1, -0.05) is 61.5 Å². The fourth-order valence-electron chi connectivity index (χ4n) is 4.52. The van der Waals surface area contributed by atoms with Gasteiger partial charge in [0.1, 0.15) is 0 Å². The molecule has 4 nitrogen and oxygen atoms in total. The fourth-order valence-corrected chi connectivity index (χ4v) is 4.63. The molecule has 1 aromatic rings. The van der Waals surface area contributed by atoms with Crippen LogP contribution in [0.5, 0.6) is 0 Å². The molecule has 5 heteroatoms. The second-order valence-electron chi connectivity index (χ2n) is 8.40. The Morgan fingerprint density at radius 3 is 2.64 bits per heavy atom. The molecule has 0 amide bonds. The van der Waals surface area contributed by atoms with Crippen molar-refractivity contribution in [2.75, 3.05) is 0 Å². The normalized spacial score (nSPS) is 27.2. The summed E-state index contributed by atoms with van der Waals surface area (Å²) in [6.07, 6.45) is 8.71. The van der Waals surface area contributed by atoms with Gasteiger partial charge in [0.25, 0.3) is 0 Å². The van der Waals surface area contributed by atoms with E-state index in [1.165, 1.54) is 36.8 Å². The SMILES string of the molecule is C=C1CC[C@H](CCCCc2ccccc2)[C@H]1C[C@H]1OC1CCC(O)(O)C(=O)S. The summed E-state index contributed by atoms with van der Waals surface area (Å²) in [5.74, 6) is -1.16. The van der Waals surface area contributed by atoms with E-state index in [1.54, 1.807) is 0 Å². The maximum absolute atomic E-state index is 11.1. The number of hydrogen-bond acceptors (Lipinski definition) is 4. The van der Waals surface area contributed by atoms with E-state index in [0.29, 0.717) is 18.3 Å². The first-order chi connectivity index (χ1) is 13.4. The predicted octanol–water partition coefficient (Wildman–Crippen LogP) is 4.06. The number of rotatable bonds is 11. The van der Waals surface area contributed by atoms with E-state index in [-0.39, 0.29) is 18.6 Å². The number of unbranched alkanes of at least 4 members (excludes halogenated alkanes) is 1. The molecule has 28 heavy (non-hydrogen) atoms. The molecule has 1 saturated heterocycles. The molecular formula is C23H32O4S. The zero-order valence-corrected chi connectivity index (χ0v) is 17.3. The maximum atomic E-state index is 11.1. The largest absolute Gasteiger partial charge is 0.370 e. The molecule has 1 aliphatic heterocycles. The number of hydrogen-bond donors (Lipinski definition) is 3. The highest BCUT2D eigenvalue weighted by molar-refractivity contribution is 7.96. The molecule has 1 aliphatic carbocycles. The van der Waals surface area contributed by atoms with Gasteiger partial charge >= 0.3 is 0 Å². The van der Waals surface area contributed by atoms with Crippen LogP contribution < -0.4 is 0 Å². The number of allylic oxidation sites excluding steroid dienone is 1. The summed E-state index contributed by atoms with van der Waals surface area (Å²) in [7, 11) is 0. The predicted molar refractivity (Wildman–Crippen MR) is 113 cm³/mol. The molecule has 0 radical (unpaired) electrons. The van der Waals surface area contributed by atoms with E-state index >= 15 is 0 Å². The van der Waals surface area contributed by atoms with Gasteiger partial charge in [-0.25, -0.2) is 0 Å². The lowest BCUT2D eigenvalue weighted by Crippen LogP contribution is -2.35. The highest BCUT2D eigenvalue weighted by Gasteiger charge is 2.44. The Balaban J connectivity index is 1.38. The smallest absolute Gasteiger partial charge is 0.244 e. The molecule has 1 aromatic carbocycles. The molecule has 0 aromatic heterocycles. The van der Waals surface area contributed by atoms with E-state index in [1.807, 2.05) is 0 Å². The van der Waals surface area contributed by atoms with Gasteiger partial charge in [0.05, 0.1) is 12.2 Å². The molecule has 1 unspecified atom stereocenters. The van der Waals surface area contributed by atoms with E-state index in [4.69, 9.17) is 4.74 Å². The highest BCUT2D eigenvalue weighted by Crippen LogP contribution is 2.45. The van der Waals surface area contributed by atoms with Gasteiger partial charge in [-0.15, -0.1) is 0 Å². The van der Waals surface area contributed by atoms with Gasteiger partial charge < -0.3 is 14.9 Å². The molecule has 2 N–H and O–H groups in total. The van der Waals surface area contributed by atoms with Crippen molar-refractivity contribution in [3.8, 4) is 0 Å². The van der Waals surface area contributed by atoms with Gasteiger partial charge in [-0.3, -0.25) is 4.79 Å². The molecule has 0 spiro atoms. The summed E-state index contributed by atoms with van der Waals surface area (Å²) < 4.78 is 5.73. The second-order valence-corrected chi connectivity index (χ2v) is 8.81. The summed E-state index contributed by atoms with van der Waals surface area (Å²) in [6, 6.07) is 10.6. The molecule has 1 heterocycles. The Morgan fingerprint density at radius 2 is 1.93 bits per heavy atom. The van der Waals surface area contributed by atoms with Crippen LogP contribution >= 0.6 is 12.6 Å². The van der Waals surface area contributed by atoms with Gasteiger partial charge in [0.2, 0.25) is 10.9 Å². The van der Waals surface area contributed by atoms with Crippen LogP contribution in [-0.2, 0) is 16.0 Å². The lowest BCUT2D eigenvalue weighted by atomic mass is 9.85. The number of benzene rings is 1. The summed E-state index contributed by atoms with van der Waals surface area (Å²) >= 11 is 3.51. The van der Waals surface area contributed by atoms with Crippen molar-refractivity contribution in [1.82, 2.24) is 0 Å². The first kappa shape index (κ1) is 21.6. The zero-order valence-electron chi connectivity index (χ0n) is 16.4. The van der Waals surface area contributed by atoms with Crippen LogP contribution in [0.1, 0.15) is 56.9 Å². The highest BCUT2D eigenvalue weighted by atomic mass is 32.1. The molecule has 154 valence electrons. The molecule has 3 rings (SSSR count). The van der Waals surface area contributed by atoms with Crippen molar-refractivity contribution >= 4 is 17.7 Å². The standard InChI is InChI=1S/C23H32O4S/c1-16-11-12-18(10-6-5-9-17-7-3-2-4-8-17)19(16)15-21-20(27-21)13-14-23(25,26)22(24)28/h2-4,7-8,18-21,25-26H,1,5-6,9-15H2,(H,24,28)/t18-,19-,20?,21+/m0/s1. The lowest BCUT2D eigenvalue weighted by molar-refractivity contribution is -0.175. The minimum atomic E-state index is -2.35.